The van der Waals surface area contributed by atoms with Gasteiger partial charge in [-0.05, 0) is 48.7 Å². The molecular formula is C23H20FNO3. The molecule has 0 radical (unpaired) electrons. The van der Waals surface area contributed by atoms with Crippen molar-refractivity contribution in [3.05, 3.63) is 84.2 Å². The summed E-state index contributed by atoms with van der Waals surface area (Å²) < 4.78 is 14.1. The summed E-state index contributed by atoms with van der Waals surface area (Å²) >= 11 is 0. The SMILES string of the molecule is C=CC1=CC[C@H]2C(=O)N(c3ccccc3)C(=O)[C@@]2(C)[C@H]1c1ccc(O)c(F)c1. The molecule has 4 nitrogen and oxygen atoms in total. The number of amides is 2. The van der Waals surface area contributed by atoms with Crippen molar-refractivity contribution in [2.24, 2.45) is 11.3 Å². The number of phenolic OH excluding ortho intramolecular Hbond substituents is 1. The molecule has 142 valence electrons. The van der Waals surface area contributed by atoms with Gasteiger partial charge in [0.2, 0.25) is 11.8 Å². The van der Waals surface area contributed by atoms with Crippen LogP contribution in [0.25, 0.3) is 0 Å². The van der Waals surface area contributed by atoms with Gasteiger partial charge in [-0.2, -0.15) is 0 Å². The number of phenols is 1. The number of hydrogen-bond donors (Lipinski definition) is 1. The fraction of sp³-hybridized carbons (Fsp3) is 0.217. The molecule has 0 aromatic heterocycles. The molecule has 2 aromatic rings. The van der Waals surface area contributed by atoms with Gasteiger partial charge in [0.25, 0.3) is 0 Å². The number of halogens is 1. The van der Waals surface area contributed by atoms with Gasteiger partial charge in [-0.25, -0.2) is 9.29 Å². The van der Waals surface area contributed by atoms with Crippen LogP contribution in [0.4, 0.5) is 10.1 Å². The van der Waals surface area contributed by atoms with E-state index in [9.17, 15) is 19.1 Å². The van der Waals surface area contributed by atoms with Crippen molar-refractivity contribution in [3.63, 3.8) is 0 Å². The lowest BCUT2D eigenvalue weighted by atomic mass is 9.60. The van der Waals surface area contributed by atoms with Crippen LogP contribution in [-0.4, -0.2) is 16.9 Å². The lowest BCUT2D eigenvalue weighted by Gasteiger charge is -2.40. The Morgan fingerprint density at radius 1 is 1.21 bits per heavy atom. The maximum atomic E-state index is 14.1. The highest BCUT2D eigenvalue weighted by Gasteiger charge is 2.62. The minimum Gasteiger partial charge on any atom is -0.505 e. The van der Waals surface area contributed by atoms with Gasteiger partial charge in [0.1, 0.15) is 0 Å². The van der Waals surface area contributed by atoms with E-state index in [-0.39, 0.29) is 11.8 Å². The van der Waals surface area contributed by atoms with E-state index in [2.05, 4.69) is 6.58 Å². The first kappa shape index (κ1) is 18.2. The molecule has 0 saturated carbocycles. The second-order valence-corrected chi connectivity index (χ2v) is 7.44. The molecule has 2 aromatic carbocycles. The molecule has 5 heteroatoms. The molecule has 2 amide bonds. The van der Waals surface area contributed by atoms with Gasteiger partial charge in [-0.3, -0.25) is 9.59 Å². The van der Waals surface area contributed by atoms with Crippen LogP contribution < -0.4 is 4.90 Å². The number of fused-ring (bicyclic) bond motifs is 1. The van der Waals surface area contributed by atoms with Crippen LogP contribution in [0.1, 0.15) is 24.8 Å². The first-order valence-corrected chi connectivity index (χ1v) is 9.14. The summed E-state index contributed by atoms with van der Waals surface area (Å²) in [5.74, 6) is -2.86. The maximum absolute atomic E-state index is 14.1. The Labute approximate surface area is 162 Å². The minimum atomic E-state index is -1.07. The normalized spacial score (nSPS) is 26.8. The monoisotopic (exact) mass is 377 g/mol. The fourth-order valence-corrected chi connectivity index (χ4v) is 4.55. The lowest BCUT2D eigenvalue weighted by molar-refractivity contribution is -0.127. The predicted octanol–water partition coefficient (Wildman–Crippen LogP) is 4.33. The predicted molar refractivity (Wildman–Crippen MR) is 104 cm³/mol. The van der Waals surface area contributed by atoms with E-state index in [1.165, 1.54) is 17.0 Å². The van der Waals surface area contributed by atoms with E-state index in [4.69, 9.17) is 0 Å². The third kappa shape index (κ3) is 2.43. The molecule has 1 N–H and O–H groups in total. The van der Waals surface area contributed by atoms with Crippen molar-refractivity contribution in [1.82, 2.24) is 0 Å². The molecule has 1 saturated heterocycles. The van der Waals surface area contributed by atoms with Crippen molar-refractivity contribution >= 4 is 17.5 Å². The quantitative estimate of drug-likeness (QED) is 0.810. The van der Waals surface area contributed by atoms with Crippen molar-refractivity contribution in [2.75, 3.05) is 4.90 Å². The highest BCUT2D eigenvalue weighted by Crippen LogP contribution is 2.56. The summed E-state index contributed by atoms with van der Waals surface area (Å²) in [6.45, 7) is 5.62. The molecule has 1 aliphatic carbocycles. The maximum Gasteiger partial charge on any atom is 0.241 e. The van der Waals surface area contributed by atoms with E-state index in [1.807, 2.05) is 12.1 Å². The third-order valence-corrected chi connectivity index (χ3v) is 5.98. The van der Waals surface area contributed by atoms with Gasteiger partial charge in [0.15, 0.2) is 11.6 Å². The zero-order chi connectivity index (χ0) is 20.1. The standard InChI is InChI=1S/C23H20FNO3/c1-3-14-9-11-17-21(27)25(16-7-5-4-6-8-16)22(28)23(17,2)20(14)15-10-12-19(26)18(24)13-15/h3-10,12-13,17,20,26H,1,11H2,2H3/t17-,20+,23+/m0/s1. The van der Waals surface area contributed by atoms with Crippen molar-refractivity contribution in [1.29, 1.82) is 0 Å². The van der Waals surface area contributed by atoms with E-state index in [0.29, 0.717) is 17.7 Å². The Hall–Kier alpha value is -3.21. The summed E-state index contributed by atoms with van der Waals surface area (Å²) in [7, 11) is 0. The topological polar surface area (TPSA) is 57.6 Å². The average molecular weight is 377 g/mol. The van der Waals surface area contributed by atoms with Crippen LogP contribution in [0, 0.1) is 17.2 Å². The van der Waals surface area contributed by atoms with Crippen LogP contribution in [0.2, 0.25) is 0 Å². The van der Waals surface area contributed by atoms with Gasteiger partial charge < -0.3 is 5.11 Å². The highest BCUT2D eigenvalue weighted by atomic mass is 19.1. The second-order valence-electron chi connectivity index (χ2n) is 7.44. The number of rotatable bonds is 3. The van der Waals surface area contributed by atoms with Crippen LogP contribution >= 0.6 is 0 Å². The molecule has 3 atom stereocenters. The zero-order valence-corrected chi connectivity index (χ0v) is 15.4. The van der Waals surface area contributed by atoms with E-state index in [1.54, 1.807) is 43.3 Å². The molecule has 1 fully saturated rings. The number of allylic oxidation sites excluding steroid dienone is 3. The van der Waals surface area contributed by atoms with E-state index in [0.717, 1.165) is 5.57 Å². The largest absolute Gasteiger partial charge is 0.505 e. The Bertz CT molecular complexity index is 1010. The van der Waals surface area contributed by atoms with E-state index < -0.39 is 28.8 Å². The van der Waals surface area contributed by atoms with Crippen LogP contribution in [-0.2, 0) is 9.59 Å². The van der Waals surface area contributed by atoms with Crippen molar-refractivity contribution in [2.45, 2.75) is 19.3 Å². The molecule has 1 aliphatic heterocycles. The molecule has 1 heterocycles. The summed E-state index contributed by atoms with van der Waals surface area (Å²) in [5.41, 5.74) is 0.766. The number of anilines is 1. The van der Waals surface area contributed by atoms with Gasteiger partial charge in [0.05, 0.1) is 17.0 Å². The average Bonchev–Trinajstić information content (AvgIpc) is 2.90. The number of benzene rings is 2. The molecular weight excluding hydrogens is 357 g/mol. The third-order valence-electron chi connectivity index (χ3n) is 5.98. The molecule has 0 unspecified atom stereocenters. The Balaban J connectivity index is 1.88. The zero-order valence-electron chi connectivity index (χ0n) is 15.4. The molecule has 4 rings (SSSR count). The summed E-state index contributed by atoms with van der Waals surface area (Å²) in [6, 6.07) is 12.9. The van der Waals surface area contributed by atoms with Crippen molar-refractivity contribution in [3.8, 4) is 5.75 Å². The Morgan fingerprint density at radius 2 is 1.93 bits per heavy atom. The molecule has 0 bridgehead atoms. The van der Waals surface area contributed by atoms with Crippen molar-refractivity contribution < 1.29 is 19.1 Å². The number of imide groups is 1. The van der Waals surface area contributed by atoms with Crippen LogP contribution in [0.3, 0.4) is 0 Å². The number of para-hydroxylation sites is 1. The number of nitrogens with zero attached hydrogens (tertiary/aromatic N) is 1. The summed E-state index contributed by atoms with van der Waals surface area (Å²) in [4.78, 5) is 28.0. The Morgan fingerprint density at radius 3 is 2.57 bits per heavy atom. The van der Waals surface area contributed by atoms with E-state index >= 15 is 0 Å². The number of aromatic hydroxyl groups is 1. The molecule has 0 spiro atoms. The first-order chi connectivity index (χ1) is 13.4. The summed E-state index contributed by atoms with van der Waals surface area (Å²) in [6.07, 6.45) is 3.97. The fourth-order valence-electron chi connectivity index (χ4n) is 4.55. The highest BCUT2D eigenvalue weighted by molar-refractivity contribution is 6.24. The van der Waals surface area contributed by atoms with Gasteiger partial charge >= 0.3 is 0 Å². The second kappa shape index (κ2) is 6.44. The molecule has 28 heavy (non-hydrogen) atoms. The first-order valence-electron chi connectivity index (χ1n) is 9.14. The minimum absolute atomic E-state index is 0.248. The number of hydrogen-bond acceptors (Lipinski definition) is 3. The van der Waals surface area contributed by atoms with Crippen LogP contribution in [0.5, 0.6) is 5.75 Å². The molecule has 2 aliphatic rings. The van der Waals surface area contributed by atoms with Gasteiger partial charge in [-0.1, -0.05) is 43.0 Å². The van der Waals surface area contributed by atoms with Gasteiger partial charge in [0, 0.05) is 5.92 Å². The number of carbonyl (C=O) groups is 2. The summed E-state index contributed by atoms with van der Waals surface area (Å²) in [5, 5.41) is 9.56. The van der Waals surface area contributed by atoms with Crippen LogP contribution in [0.15, 0.2) is 72.8 Å². The lowest BCUT2D eigenvalue weighted by Crippen LogP contribution is -2.41. The Kier molecular flexibility index (Phi) is 4.18. The number of carbonyl (C=O) groups excluding carboxylic acids is 2. The van der Waals surface area contributed by atoms with Gasteiger partial charge in [-0.15, -0.1) is 0 Å². The smallest absolute Gasteiger partial charge is 0.241 e.